The van der Waals surface area contributed by atoms with Crippen molar-refractivity contribution in [2.24, 2.45) is 10.9 Å². The van der Waals surface area contributed by atoms with E-state index in [1.54, 1.807) is 6.21 Å². The molecule has 3 nitrogen and oxygen atoms in total. The van der Waals surface area contributed by atoms with Crippen molar-refractivity contribution in [1.29, 1.82) is 0 Å². The molecule has 2 rings (SSSR count). The molecule has 76 valence electrons. The number of aromatic nitrogens is 1. The number of aryl methyl sites for hydroxylation is 1. The molecule has 0 saturated heterocycles. The average Bonchev–Trinajstić information content (AvgIpc) is 2.67. The summed E-state index contributed by atoms with van der Waals surface area (Å²) in [4.78, 5) is 1.18. The van der Waals surface area contributed by atoms with Gasteiger partial charge in [0.1, 0.15) is 0 Å². The van der Waals surface area contributed by atoms with Gasteiger partial charge in [-0.25, -0.2) is 0 Å². The second-order valence-corrected chi connectivity index (χ2v) is 4.04. The fourth-order valence-corrected chi connectivity index (χ4v) is 2.08. The van der Waals surface area contributed by atoms with Crippen molar-refractivity contribution in [3.8, 4) is 10.4 Å². The largest absolute Gasteiger partial charge is 0.323 e. The zero-order chi connectivity index (χ0) is 10.7. The van der Waals surface area contributed by atoms with Crippen molar-refractivity contribution >= 4 is 17.7 Å². The summed E-state index contributed by atoms with van der Waals surface area (Å²) in [6.07, 6.45) is 1.63. The van der Waals surface area contributed by atoms with Crippen LogP contribution in [-0.2, 0) is 0 Å². The molecule has 1 heterocycles. The molecule has 0 amide bonds. The number of benzene rings is 1. The molecule has 4 heteroatoms. The van der Waals surface area contributed by atoms with Gasteiger partial charge >= 0.3 is 0 Å². The van der Waals surface area contributed by atoms with Crippen molar-refractivity contribution in [2.75, 3.05) is 0 Å². The maximum atomic E-state index is 5.07. The molecule has 0 aliphatic carbocycles. The van der Waals surface area contributed by atoms with E-state index in [-0.39, 0.29) is 0 Å². The minimum atomic E-state index is 1.00. The number of nitrogens with zero attached hydrogens (tertiary/aromatic N) is 2. The van der Waals surface area contributed by atoms with Gasteiger partial charge in [-0.05, 0) is 35.6 Å². The lowest BCUT2D eigenvalue weighted by Crippen LogP contribution is -1.85. The Morgan fingerprint density at radius 1 is 1.33 bits per heavy atom. The fraction of sp³-hybridized carbons (Fsp3) is 0.0909. The summed E-state index contributed by atoms with van der Waals surface area (Å²) in [6, 6.07) is 10.1. The molecule has 0 fully saturated rings. The molecule has 2 aromatic rings. The molecule has 0 atom stereocenters. The molecule has 0 bridgehead atoms. The standard InChI is InChI=1S/C11H11N3S/c1-8-6-11(15-14-8)10-4-2-9(3-5-10)7-13-12/h2-7H,12H2,1H3. The first-order valence-corrected chi connectivity index (χ1v) is 5.34. The third-order valence-electron chi connectivity index (χ3n) is 2.05. The molecule has 0 saturated carbocycles. The first-order chi connectivity index (χ1) is 7.29. The molecule has 0 spiro atoms. The lowest BCUT2D eigenvalue weighted by molar-refractivity contribution is 1.26. The molecule has 1 aromatic carbocycles. The lowest BCUT2D eigenvalue weighted by Gasteiger charge is -1.96. The summed E-state index contributed by atoms with van der Waals surface area (Å²) in [5.74, 6) is 5.07. The van der Waals surface area contributed by atoms with Crippen molar-refractivity contribution < 1.29 is 0 Å². The van der Waals surface area contributed by atoms with Gasteiger partial charge in [0.05, 0.1) is 16.8 Å². The van der Waals surface area contributed by atoms with Gasteiger partial charge in [0.15, 0.2) is 0 Å². The SMILES string of the molecule is Cc1cc(-c2ccc(C=NN)cc2)sn1. The van der Waals surface area contributed by atoms with Gasteiger partial charge in [-0.3, -0.25) is 0 Å². The van der Waals surface area contributed by atoms with E-state index in [9.17, 15) is 0 Å². The van der Waals surface area contributed by atoms with Gasteiger partial charge in [0, 0.05) is 0 Å². The van der Waals surface area contributed by atoms with Crippen LogP contribution in [0.3, 0.4) is 0 Å². The van der Waals surface area contributed by atoms with E-state index in [1.165, 1.54) is 22.0 Å². The normalized spacial score (nSPS) is 11.0. The summed E-state index contributed by atoms with van der Waals surface area (Å²) >= 11 is 1.51. The average molecular weight is 217 g/mol. The molecule has 1 aromatic heterocycles. The Hall–Kier alpha value is -1.68. The predicted octanol–water partition coefficient (Wildman–Crippen LogP) is 2.41. The van der Waals surface area contributed by atoms with Gasteiger partial charge in [-0.15, -0.1) is 0 Å². The van der Waals surface area contributed by atoms with Crippen LogP contribution in [0.25, 0.3) is 10.4 Å². The zero-order valence-electron chi connectivity index (χ0n) is 8.34. The molecule has 0 unspecified atom stereocenters. The van der Waals surface area contributed by atoms with Crippen molar-refractivity contribution in [3.63, 3.8) is 0 Å². The topological polar surface area (TPSA) is 51.3 Å². The second kappa shape index (κ2) is 4.23. The fourth-order valence-electron chi connectivity index (χ4n) is 1.32. The molecular weight excluding hydrogens is 206 g/mol. The van der Waals surface area contributed by atoms with E-state index in [0.29, 0.717) is 0 Å². The van der Waals surface area contributed by atoms with Crippen LogP contribution in [0.5, 0.6) is 0 Å². The Kier molecular flexibility index (Phi) is 2.78. The zero-order valence-corrected chi connectivity index (χ0v) is 9.16. The third-order valence-corrected chi connectivity index (χ3v) is 2.98. The van der Waals surface area contributed by atoms with Gasteiger partial charge in [0.2, 0.25) is 0 Å². The molecular formula is C11H11N3S. The van der Waals surface area contributed by atoms with Gasteiger partial charge < -0.3 is 5.84 Å². The number of hydrogen-bond donors (Lipinski definition) is 1. The number of nitrogens with two attached hydrogens (primary N) is 1. The van der Waals surface area contributed by atoms with E-state index in [4.69, 9.17) is 5.84 Å². The van der Waals surface area contributed by atoms with Crippen LogP contribution in [0, 0.1) is 6.92 Å². The Morgan fingerprint density at radius 3 is 2.60 bits per heavy atom. The Balaban J connectivity index is 2.31. The first kappa shape index (κ1) is 9.86. The van der Waals surface area contributed by atoms with Crippen molar-refractivity contribution in [1.82, 2.24) is 4.37 Å². The quantitative estimate of drug-likeness (QED) is 0.477. The highest BCUT2D eigenvalue weighted by Gasteiger charge is 2.00. The Labute approximate surface area is 92.4 Å². The smallest absolute Gasteiger partial charge is 0.0552 e. The van der Waals surface area contributed by atoms with E-state index in [0.717, 1.165) is 11.3 Å². The maximum absolute atomic E-state index is 5.07. The second-order valence-electron chi connectivity index (χ2n) is 3.23. The van der Waals surface area contributed by atoms with Crippen molar-refractivity contribution in [2.45, 2.75) is 6.92 Å². The summed E-state index contributed by atoms with van der Waals surface area (Å²) in [5, 5.41) is 3.48. The van der Waals surface area contributed by atoms with E-state index in [1.807, 2.05) is 31.2 Å². The summed E-state index contributed by atoms with van der Waals surface area (Å²) < 4.78 is 4.25. The molecule has 2 N–H and O–H groups in total. The van der Waals surface area contributed by atoms with Crippen LogP contribution in [-0.4, -0.2) is 10.6 Å². The summed E-state index contributed by atoms with van der Waals surface area (Å²) in [7, 11) is 0. The minimum Gasteiger partial charge on any atom is -0.323 e. The van der Waals surface area contributed by atoms with Crippen LogP contribution in [0.1, 0.15) is 11.3 Å². The van der Waals surface area contributed by atoms with Crippen LogP contribution in [0.4, 0.5) is 0 Å². The maximum Gasteiger partial charge on any atom is 0.0552 e. The third kappa shape index (κ3) is 2.22. The van der Waals surface area contributed by atoms with Gasteiger partial charge in [0.25, 0.3) is 0 Å². The monoisotopic (exact) mass is 217 g/mol. The van der Waals surface area contributed by atoms with Crippen LogP contribution < -0.4 is 5.84 Å². The number of rotatable bonds is 2. The highest BCUT2D eigenvalue weighted by molar-refractivity contribution is 7.09. The molecule has 0 radical (unpaired) electrons. The van der Waals surface area contributed by atoms with Gasteiger partial charge in [-0.1, -0.05) is 24.3 Å². The number of hydrogen-bond acceptors (Lipinski definition) is 4. The number of hydrazone groups is 1. The van der Waals surface area contributed by atoms with Crippen LogP contribution >= 0.6 is 11.5 Å². The predicted molar refractivity (Wildman–Crippen MR) is 64.1 cm³/mol. The van der Waals surface area contributed by atoms with E-state index >= 15 is 0 Å². The molecule has 0 aliphatic heterocycles. The Bertz CT molecular complexity index is 471. The van der Waals surface area contributed by atoms with Gasteiger partial charge in [-0.2, -0.15) is 9.47 Å². The minimum absolute atomic E-state index is 1.00. The van der Waals surface area contributed by atoms with Crippen LogP contribution in [0.15, 0.2) is 35.4 Å². The van der Waals surface area contributed by atoms with Crippen LogP contribution in [0.2, 0.25) is 0 Å². The summed E-state index contributed by atoms with van der Waals surface area (Å²) in [5.41, 5.74) is 3.24. The molecule has 15 heavy (non-hydrogen) atoms. The highest BCUT2D eigenvalue weighted by Crippen LogP contribution is 2.24. The summed E-state index contributed by atoms with van der Waals surface area (Å²) in [6.45, 7) is 2.00. The van der Waals surface area contributed by atoms with E-state index in [2.05, 4.69) is 15.5 Å². The Morgan fingerprint density at radius 2 is 2.07 bits per heavy atom. The highest BCUT2D eigenvalue weighted by atomic mass is 32.1. The molecule has 0 aliphatic rings. The lowest BCUT2D eigenvalue weighted by atomic mass is 10.1. The van der Waals surface area contributed by atoms with E-state index < -0.39 is 0 Å². The van der Waals surface area contributed by atoms with Crippen molar-refractivity contribution in [3.05, 3.63) is 41.6 Å². The first-order valence-electron chi connectivity index (χ1n) is 4.56.